The van der Waals surface area contributed by atoms with E-state index in [0.717, 1.165) is 31.5 Å². The number of methoxy groups -OCH3 is 1. The molecule has 2 aromatic carbocycles. The molecule has 2 aromatic heterocycles. The minimum absolute atomic E-state index is 0.0811. The molecule has 10 nitrogen and oxygen atoms in total. The Kier molecular flexibility index (Phi) is 7.41. The van der Waals surface area contributed by atoms with Gasteiger partial charge in [0.2, 0.25) is 0 Å². The monoisotopic (exact) mass is 546 g/mol. The van der Waals surface area contributed by atoms with Crippen LogP contribution in [0.1, 0.15) is 34.8 Å². The maximum absolute atomic E-state index is 15.3. The van der Waals surface area contributed by atoms with Gasteiger partial charge < -0.3 is 20.7 Å². The van der Waals surface area contributed by atoms with Crippen molar-refractivity contribution in [2.24, 2.45) is 0 Å². The number of benzene rings is 2. The lowest BCUT2D eigenvalue weighted by Gasteiger charge is -2.33. The second-order valence-electron chi connectivity index (χ2n) is 9.42. The van der Waals surface area contributed by atoms with Crippen LogP contribution in [0.15, 0.2) is 55.4 Å². The molecule has 0 spiro atoms. The minimum Gasteiger partial charge on any atom is -0.496 e. The maximum Gasteiger partial charge on any atom is 0.255 e. The molecule has 206 valence electrons. The van der Waals surface area contributed by atoms with Gasteiger partial charge in [-0.1, -0.05) is 18.7 Å². The van der Waals surface area contributed by atoms with E-state index in [1.165, 1.54) is 31.6 Å². The summed E-state index contributed by atoms with van der Waals surface area (Å²) in [4.78, 5) is 23.1. The van der Waals surface area contributed by atoms with Gasteiger partial charge in [-0.15, -0.1) is 0 Å². The van der Waals surface area contributed by atoms with E-state index >= 15 is 4.39 Å². The Bertz CT molecular complexity index is 1620. The fraction of sp³-hybridized carbons (Fsp3) is 0.250. The molecule has 0 saturated carbocycles. The number of nitrogens with one attached hydrogen (secondary N) is 2. The summed E-state index contributed by atoms with van der Waals surface area (Å²) in [6, 6.07) is 8.08. The highest BCUT2D eigenvalue weighted by Crippen LogP contribution is 2.34. The highest BCUT2D eigenvalue weighted by atomic mass is 19.1. The van der Waals surface area contributed by atoms with Crippen molar-refractivity contribution in [1.29, 1.82) is 5.41 Å². The van der Waals surface area contributed by atoms with Crippen molar-refractivity contribution in [2.45, 2.75) is 25.4 Å². The average Bonchev–Trinajstić information content (AvgIpc) is 3.37. The third-order valence-electron chi connectivity index (χ3n) is 6.97. The van der Waals surface area contributed by atoms with Crippen LogP contribution in [0.2, 0.25) is 0 Å². The van der Waals surface area contributed by atoms with Crippen LogP contribution in [0, 0.1) is 17.0 Å². The molecule has 12 heteroatoms. The summed E-state index contributed by atoms with van der Waals surface area (Å²) in [6.45, 7) is 4.91. The van der Waals surface area contributed by atoms with Crippen LogP contribution in [0.5, 0.6) is 5.75 Å². The third-order valence-corrected chi connectivity index (χ3v) is 6.97. The van der Waals surface area contributed by atoms with Crippen molar-refractivity contribution in [3.05, 3.63) is 78.1 Å². The molecular formula is C28H28F2N8O2. The zero-order valence-electron chi connectivity index (χ0n) is 21.8. The summed E-state index contributed by atoms with van der Waals surface area (Å²) in [6.07, 6.45) is 4.57. The van der Waals surface area contributed by atoms with Gasteiger partial charge in [0, 0.05) is 36.8 Å². The number of carbonyl (C=O) groups is 1. The summed E-state index contributed by atoms with van der Waals surface area (Å²) in [7, 11) is 1.34. The second-order valence-corrected chi connectivity index (χ2v) is 9.42. The molecule has 1 aliphatic heterocycles. The SMILES string of the molecule is C=CC(=N)N1CCCC(n2nc(-c3ccc(CNC(=O)c4ccc(F)cc4OC)c(F)c3)c3c(N)ncnc32)C1. The van der Waals surface area contributed by atoms with Gasteiger partial charge in [0.05, 0.1) is 24.1 Å². The quantitative estimate of drug-likeness (QED) is 0.235. The number of ether oxygens (including phenoxy) is 1. The predicted octanol–water partition coefficient (Wildman–Crippen LogP) is 4.09. The van der Waals surface area contributed by atoms with Gasteiger partial charge in [0.1, 0.15) is 41.1 Å². The molecular weight excluding hydrogens is 518 g/mol. The molecule has 1 saturated heterocycles. The molecule has 1 unspecified atom stereocenters. The van der Waals surface area contributed by atoms with Crippen LogP contribution in [0.25, 0.3) is 22.3 Å². The Morgan fingerprint density at radius 2 is 2.10 bits per heavy atom. The van der Waals surface area contributed by atoms with Gasteiger partial charge >= 0.3 is 0 Å². The molecule has 3 heterocycles. The van der Waals surface area contributed by atoms with Crippen molar-refractivity contribution in [2.75, 3.05) is 25.9 Å². The number of nitrogens with zero attached hydrogens (tertiary/aromatic N) is 5. The first-order valence-corrected chi connectivity index (χ1v) is 12.7. The number of anilines is 1. The van der Waals surface area contributed by atoms with Crippen molar-refractivity contribution in [3.63, 3.8) is 0 Å². The van der Waals surface area contributed by atoms with Crippen LogP contribution in [-0.2, 0) is 6.54 Å². The zero-order valence-corrected chi connectivity index (χ0v) is 21.8. The molecule has 1 amide bonds. The number of likely N-dealkylation sites (tertiary alicyclic amines) is 1. The molecule has 4 aromatic rings. The standard InChI is InChI=1S/C28H28F2N8O2/c1-3-23(31)37-10-4-5-19(14-37)38-27-24(26(32)34-15-35-27)25(36-38)16-6-7-17(21(30)11-16)13-33-28(39)20-9-8-18(29)12-22(20)40-2/h3,6-9,11-12,15,19,31H,1,4-5,10,13-14H2,2H3,(H,33,39)(H2,32,34,35). The summed E-state index contributed by atoms with van der Waals surface area (Å²) in [5.41, 5.74) is 8.07. The van der Waals surface area contributed by atoms with E-state index in [1.807, 2.05) is 4.90 Å². The Morgan fingerprint density at radius 1 is 1.27 bits per heavy atom. The van der Waals surface area contributed by atoms with Gasteiger partial charge in [-0.3, -0.25) is 10.2 Å². The van der Waals surface area contributed by atoms with Crippen LogP contribution in [0.4, 0.5) is 14.6 Å². The van der Waals surface area contributed by atoms with E-state index in [-0.39, 0.29) is 35.3 Å². The summed E-state index contributed by atoms with van der Waals surface area (Å²) < 4.78 is 35.6. The number of nitrogens with two attached hydrogens (primary N) is 1. The normalized spacial score (nSPS) is 15.2. The lowest BCUT2D eigenvalue weighted by atomic mass is 10.1. The summed E-state index contributed by atoms with van der Waals surface area (Å²) in [5, 5.41) is 16.1. The number of nitrogen functional groups attached to an aromatic ring is 1. The number of hydrogen-bond acceptors (Lipinski definition) is 7. The number of fused-ring (bicyclic) bond motifs is 1. The van der Waals surface area contributed by atoms with Crippen molar-refractivity contribution in [3.8, 4) is 17.0 Å². The van der Waals surface area contributed by atoms with Gasteiger partial charge in [-0.25, -0.2) is 23.4 Å². The average molecular weight is 547 g/mol. The van der Waals surface area contributed by atoms with Crippen LogP contribution in [-0.4, -0.2) is 56.6 Å². The van der Waals surface area contributed by atoms with Crippen molar-refractivity contribution < 1.29 is 18.3 Å². The van der Waals surface area contributed by atoms with E-state index in [2.05, 4.69) is 21.9 Å². The number of amides is 1. The number of amidine groups is 1. The van der Waals surface area contributed by atoms with Crippen LogP contribution < -0.4 is 15.8 Å². The Morgan fingerprint density at radius 3 is 2.85 bits per heavy atom. The lowest BCUT2D eigenvalue weighted by molar-refractivity contribution is 0.0947. The van der Waals surface area contributed by atoms with Crippen LogP contribution >= 0.6 is 0 Å². The fourth-order valence-corrected chi connectivity index (χ4v) is 4.92. The Labute approximate surface area is 229 Å². The van der Waals surface area contributed by atoms with E-state index in [1.54, 1.807) is 16.8 Å². The first-order valence-electron chi connectivity index (χ1n) is 12.7. The molecule has 40 heavy (non-hydrogen) atoms. The fourth-order valence-electron chi connectivity index (χ4n) is 4.92. The first-order chi connectivity index (χ1) is 19.3. The lowest BCUT2D eigenvalue weighted by Crippen LogP contribution is -2.39. The van der Waals surface area contributed by atoms with Crippen molar-refractivity contribution >= 4 is 28.6 Å². The molecule has 0 radical (unpaired) electrons. The van der Waals surface area contributed by atoms with Gasteiger partial charge in [0.25, 0.3) is 5.91 Å². The predicted molar refractivity (Wildman–Crippen MR) is 147 cm³/mol. The molecule has 0 aliphatic carbocycles. The second kappa shape index (κ2) is 11.1. The van der Waals surface area contributed by atoms with E-state index < -0.39 is 17.5 Å². The highest BCUT2D eigenvalue weighted by molar-refractivity contribution is 5.98. The smallest absolute Gasteiger partial charge is 0.255 e. The molecule has 1 fully saturated rings. The zero-order chi connectivity index (χ0) is 28.4. The van der Waals surface area contributed by atoms with Gasteiger partial charge in [-0.2, -0.15) is 5.10 Å². The molecule has 5 rings (SSSR count). The molecule has 4 N–H and O–H groups in total. The summed E-state index contributed by atoms with van der Waals surface area (Å²) in [5.74, 6) is -0.960. The number of piperidine rings is 1. The number of hydrogen-bond donors (Lipinski definition) is 3. The maximum atomic E-state index is 15.3. The number of carbonyl (C=O) groups excluding carboxylic acids is 1. The number of aromatic nitrogens is 4. The van der Waals surface area contributed by atoms with Gasteiger partial charge in [0.15, 0.2) is 5.65 Å². The summed E-state index contributed by atoms with van der Waals surface area (Å²) >= 11 is 0. The molecule has 0 bridgehead atoms. The molecule has 1 aliphatic rings. The van der Waals surface area contributed by atoms with E-state index in [9.17, 15) is 9.18 Å². The van der Waals surface area contributed by atoms with Crippen molar-refractivity contribution in [1.82, 2.24) is 30.0 Å². The topological polar surface area (TPSA) is 135 Å². The van der Waals surface area contributed by atoms with E-state index in [0.29, 0.717) is 34.7 Å². The Hall–Kier alpha value is -4.87. The highest BCUT2D eigenvalue weighted by Gasteiger charge is 2.27. The number of halogens is 2. The Balaban J connectivity index is 1.42. The minimum atomic E-state index is -0.551. The molecule has 1 atom stereocenters. The number of rotatable bonds is 7. The third kappa shape index (κ3) is 5.07. The van der Waals surface area contributed by atoms with Crippen LogP contribution in [0.3, 0.4) is 0 Å². The van der Waals surface area contributed by atoms with Gasteiger partial charge in [-0.05, 0) is 37.1 Å². The first kappa shape index (κ1) is 26.7. The van der Waals surface area contributed by atoms with E-state index in [4.69, 9.17) is 21.0 Å². The largest absolute Gasteiger partial charge is 0.496 e.